The average molecular weight is 487 g/mol. The third kappa shape index (κ3) is 5.58. The van der Waals surface area contributed by atoms with Gasteiger partial charge in [0.25, 0.3) is 0 Å². The first-order valence-electron chi connectivity index (χ1n) is 15.5. The van der Waals surface area contributed by atoms with E-state index in [1.807, 2.05) is 0 Å². The number of aliphatic hydroxyl groups excluding tert-OH is 1. The standard InChI is InChI=1S/C32H58N2O/c1-22(2)10-9-11-23(3)26-12-13-27-30-28(15-17-32(26,27)5)31(4)16-14-25(20-24(31)21-29(30)35)34-19-8-6-7-18-33/h22,24-25,27-30,34-35H,6-21,33H2,1-5H3/b26-23+/t24-,25+,27?,28?,29-,30?,31+,32-/m1/s1. The van der Waals surface area contributed by atoms with E-state index >= 15 is 0 Å². The second kappa shape index (κ2) is 11.6. The summed E-state index contributed by atoms with van der Waals surface area (Å²) < 4.78 is 0. The number of fused-ring (bicyclic) bond motifs is 5. The molecular weight excluding hydrogens is 428 g/mol. The zero-order valence-electron chi connectivity index (χ0n) is 23.9. The Bertz CT molecular complexity index is 731. The highest BCUT2D eigenvalue weighted by Crippen LogP contribution is 2.67. The zero-order valence-corrected chi connectivity index (χ0v) is 23.9. The minimum Gasteiger partial charge on any atom is -0.393 e. The molecule has 4 N–H and O–H groups in total. The first-order chi connectivity index (χ1) is 16.7. The second-order valence-corrected chi connectivity index (χ2v) is 14.1. The number of aliphatic hydroxyl groups is 1. The van der Waals surface area contributed by atoms with Crippen molar-refractivity contribution in [1.29, 1.82) is 0 Å². The molecule has 0 aromatic carbocycles. The summed E-state index contributed by atoms with van der Waals surface area (Å²) in [6.07, 6.45) is 17.8. The van der Waals surface area contributed by atoms with Crippen LogP contribution in [-0.2, 0) is 0 Å². The first-order valence-corrected chi connectivity index (χ1v) is 15.5. The molecule has 3 unspecified atom stereocenters. The molecule has 0 heterocycles. The Labute approximate surface area is 217 Å². The highest BCUT2D eigenvalue weighted by atomic mass is 16.3. The maximum absolute atomic E-state index is 11.7. The lowest BCUT2D eigenvalue weighted by Gasteiger charge is -2.62. The van der Waals surface area contributed by atoms with Gasteiger partial charge < -0.3 is 16.2 Å². The molecule has 3 heteroatoms. The number of hydrogen-bond donors (Lipinski definition) is 3. The predicted molar refractivity (Wildman–Crippen MR) is 149 cm³/mol. The van der Waals surface area contributed by atoms with Crippen molar-refractivity contribution in [1.82, 2.24) is 5.32 Å². The van der Waals surface area contributed by atoms with Crippen molar-refractivity contribution in [2.45, 2.75) is 137 Å². The van der Waals surface area contributed by atoms with E-state index in [2.05, 4.69) is 39.9 Å². The molecular formula is C32H58N2O. The molecule has 0 bridgehead atoms. The van der Waals surface area contributed by atoms with Crippen LogP contribution in [0.3, 0.4) is 0 Å². The Hall–Kier alpha value is -0.380. The topological polar surface area (TPSA) is 58.3 Å². The second-order valence-electron chi connectivity index (χ2n) is 14.1. The summed E-state index contributed by atoms with van der Waals surface area (Å²) >= 11 is 0. The molecule has 4 fully saturated rings. The van der Waals surface area contributed by atoms with Gasteiger partial charge in [0, 0.05) is 6.04 Å². The molecule has 4 rings (SSSR count). The molecule has 3 nitrogen and oxygen atoms in total. The Morgan fingerprint density at radius 2 is 1.83 bits per heavy atom. The van der Waals surface area contributed by atoms with Gasteiger partial charge in [-0.15, -0.1) is 0 Å². The van der Waals surface area contributed by atoms with E-state index in [1.54, 1.807) is 11.1 Å². The molecule has 0 spiro atoms. The van der Waals surface area contributed by atoms with Crippen LogP contribution in [0.2, 0.25) is 0 Å². The maximum Gasteiger partial charge on any atom is 0.0577 e. The SMILES string of the molecule is C/C(CCCC(C)C)=C1/CCC2C3C(CC[C@]12C)[C@@]1(C)CC[C@H](NCCCCCN)C[C@@H]1C[C@H]3O. The molecule has 4 aliphatic rings. The molecule has 0 radical (unpaired) electrons. The molecule has 0 aromatic heterocycles. The Morgan fingerprint density at radius 1 is 1.03 bits per heavy atom. The number of nitrogens with one attached hydrogen (secondary N) is 1. The third-order valence-corrected chi connectivity index (χ3v) is 11.6. The largest absolute Gasteiger partial charge is 0.393 e. The Balaban J connectivity index is 1.42. The van der Waals surface area contributed by atoms with Gasteiger partial charge in [-0.2, -0.15) is 0 Å². The highest BCUT2D eigenvalue weighted by molar-refractivity contribution is 5.29. The summed E-state index contributed by atoms with van der Waals surface area (Å²) in [5.41, 5.74) is 9.92. The van der Waals surface area contributed by atoms with Crippen molar-refractivity contribution >= 4 is 0 Å². The monoisotopic (exact) mass is 486 g/mol. The number of rotatable bonds is 10. The maximum atomic E-state index is 11.7. The van der Waals surface area contributed by atoms with Crippen molar-refractivity contribution in [3.63, 3.8) is 0 Å². The molecule has 0 aromatic rings. The number of unbranched alkanes of at least 4 members (excludes halogenated alkanes) is 2. The lowest BCUT2D eigenvalue weighted by molar-refractivity contribution is -0.156. The van der Waals surface area contributed by atoms with Gasteiger partial charge in [-0.3, -0.25) is 0 Å². The Morgan fingerprint density at radius 3 is 2.57 bits per heavy atom. The van der Waals surface area contributed by atoms with E-state index < -0.39 is 0 Å². The van der Waals surface area contributed by atoms with Crippen molar-refractivity contribution < 1.29 is 5.11 Å². The summed E-state index contributed by atoms with van der Waals surface area (Å²) in [4.78, 5) is 0. The average Bonchev–Trinajstić information content (AvgIpc) is 3.16. The number of hydrogen-bond acceptors (Lipinski definition) is 3. The van der Waals surface area contributed by atoms with Crippen molar-refractivity contribution in [2.75, 3.05) is 13.1 Å². The van der Waals surface area contributed by atoms with Gasteiger partial charge >= 0.3 is 0 Å². The van der Waals surface area contributed by atoms with E-state index in [9.17, 15) is 5.11 Å². The third-order valence-electron chi connectivity index (χ3n) is 11.6. The smallest absolute Gasteiger partial charge is 0.0577 e. The zero-order chi connectivity index (χ0) is 25.2. The Kier molecular flexibility index (Phi) is 9.14. The normalized spacial score (nSPS) is 42.5. The molecule has 4 aliphatic carbocycles. The van der Waals surface area contributed by atoms with E-state index in [0.29, 0.717) is 34.6 Å². The van der Waals surface area contributed by atoms with Gasteiger partial charge in [-0.05, 0) is 137 Å². The van der Waals surface area contributed by atoms with Gasteiger partial charge in [0.05, 0.1) is 6.10 Å². The van der Waals surface area contributed by atoms with Gasteiger partial charge in [0.2, 0.25) is 0 Å². The fourth-order valence-corrected chi connectivity index (χ4v) is 9.60. The summed E-state index contributed by atoms with van der Waals surface area (Å²) in [6.45, 7) is 14.3. The van der Waals surface area contributed by atoms with E-state index in [-0.39, 0.29) is 6.10 Å². The minimum atomic E-state index is -0.0911. The lowest BCUT2D eigenvalue weighted by Crippen LogP contribution is -2.59. The van der Waals surface area contributed by atoms with Crippen LogP contribution in [-0.4, -0.2) is 30.3 Å². The molecule has 202 valence electrons. The van der Waals surface area contributed by atoms with Gasteiger partial charge in [0.15, 0.2) is 0 Å². The van der Waals surface area contributed by atoms with Gasteiger partial charge in [0.1, 0.15) is 0 Å². The minimum absolute atomic E-state index is 0.0911. The number of allylic oxidation sites excluding steroid dienone is 2. The summed E-state index contributed by atoms with van der Waals surface area (Å²) in [5, 5.41) is 15.5. The van der Waals surface area contributed by atoms with E-state index in [4.69, 9.17) is 5.73 Å². The van der Waals surface area contributed by atoms with Gasteiger partial charge in [-0.1, -0.05) is 51.7 Å². The molecule has 0 saturated heterocycles. The molecule has 0 amide bonds. The quantitative estimate of drug-likeness (QED) is 0.225. The summed E-state index contributed by atoms with van der Waals surface area (Å²) in [5.74, 6) is 3.44. The van der Waals surface area contributed by atoms with Crippen LogP contribution in [0.5, 0.6) is 0 Å². The molecule has 0 aliphatic heterocycles. The van der Waals surface area contributed by atoms with E-state index in [1.165, 1.54) is 77.0 Å². The summed E-state index contributed by atoms with van der Waals surface area (Å²) in [6, 6.07) is 0.651. The van der Waals surface area contributed by atoms with Crippen LogP contribution in [0.25, 0.3) is 0 Å². The van der Waals surface area contributed by atoms with Crippen molar-refractivity contribution in [3.05, 3.63) is 11.1 Å². The highest BCUT2D eigenvalue weighted by Gasteiger charge is 2.61. The van der Waals surface area contributed by atoms with Crippen LogP contribution < -0.4 is 11.1 Å². The molecule has 8 atom stereocenters. The lowest BCUT2D eigenvalue weighted by atomic mass is 9.44. The van der Waals surface area contributed by atoms with Crippen LogP contribution in [0.15, 0.2) is 11.1 Å². The van der Waals surface area contributed by atoms with Crippen LogP contribution in [0.1, 0.15) is 125 Å². The fourth-order valence-electron chi connectivity index (χ4n) is 9.60. The number of nitrogens with two attached hydrogens (primary N) is 1. The van der Waals surface area contributed by atoms with Crippen LogP contribution in [0.4, 0.5) is 0 Å². The first kappa shape index (κ1) is 27.6. The molecule has 4 saturated carbocycles. The fraction of sp³-hybridized carbons (Fsp3) is 0.938. The van der Waals surface area contributed by atoms with Crippen molar-refractivity contribution in [2.24, 2.45) is 46.2 Å². The van der Waals surface area contributed by atoms with Crippen LogP contribution in [0, 0.1) is 40.4 Å². The molecule has 35 heavy (non-hydrogen) atoms. The van der Waals surface area contributed by atoms with E-state index in [0.717, 1.165) is 37.8 Å². The predicted octanol–water partition coefficient (Wildman–Crippen LogP) is 7.23. The van der Waals surface area contributed by atoms with Crippen LogP contribution >= 0.6 is 0 Å². The van der Waals surface area contributed by atoms with Crippen molar-refractivity contribution in [3.8, 4) is 0 Å². The summed E-state index contributed by atoms with van der Waals surface area (Å²) in [7, 11) is 0. The van der Waals surface area contributed by atoms with Gasteiger partial charge in [-0.25, -0.2) is 0 Å².